The molecule has 1 aliphatic rings. The van der Waals surface area contributed by atoms with Crippen LogP contribution in [0.15, 0.2) is 12.4 Å². The predicted octanol–water partition coefficient (Wildman–Crippen LogP) is 7.70. The van der Waals surface area contributed by atoms with Crippen molar-refractivity contribution in [1.82, 2.24) is 9.80 Å². The Morgan fingerprint density at radius 2 is 0.923 bits per heavy atom. The first-order valence-corrected chi connectivity index (χ1v) is 12.0. The van der Waals surface area contributed by atoms with Gasteiger partial charge in [-0.1, -0.05) is 97.8 Å². The average molecular weight is 365 g/mol. The molecule has 0 aromatic heterocycles. The lowest BCUT2D eigenvalue weighted by molar-refractivity contribution is 0.136. The zero-order valence-electron chi connectivity index (χ0n) is 18.4. The monoisotopic (exact) mass is 364 g/mol. The van der Waals surface area contributed by atoms with Gasteiger partial charge in [-0.2, -0.15) is 0 Å². The zero-order valence-corrected chi connectivity index (χ0v) is 18.4. The maximum absolute atomic E-state index is 2.63. The second kappa shape index (κ2) is 16.5. The first-order valence-electron chi connectivity index (χ1n) is 12.0. The van der Waals surface area contributed by atoms with E-state index in [0.29, 0.717) is 6.17 Å². The normalized spacial score (nSPS) is 16.8. The highest BCUT2D eigenvalue weighted by Crippen LogP contribution is 2.23. The van der Waals surface area contributed by atoms with Gasteiger partial charge in [-0.25, -0.2) is 0 Å². The van der Waals surface area contributed by atoms with E-state index in [1.807, 2.05) is 0 Å². The molecule has 2 nitrogen and oxygen atoms in total. The molecule has 154 valence electrons. The van der Waals surface area contributed by atoms with Gasteiger partial charge in [0.05, 0.1) is 0 Å². The Kier molecular flexibility index (Phi) is 14.8. The van der Waals surface area contributed by atoms with E-state index >= 15 is 0 Å². The molecule has 0 saturated carbocycles. The Morgan fingerprint density at radius 1 is 0.500 bits per heavy atom. The molecule has 0 N–H and O–H groups in total. The molecule has 2 heteroatoms. The lowest BCUT2D eigenvalue weighted by atomic mass is 10.1. The summed E-state index contributed by atoms with van der Waals surface area (Å²) >= 11 is 0. The van der Waals surface area contributed by atoms with Gasteiger partial charge in [0.1, 0.15) is 6.17 Å². The highest BCUT2D eigenvalue weighted by molar-refractivity contribution is 4.96. The number of hydrogen-bond donors (Lipinski definition) is 0. The molecule has 1 atom stereocenters. The number of nitrogens with zero attached hydrogens (tertiary/aromatic N) is 2. The van der Waals surface area contributed by atoms with E-state index in [1.165, 1.54) is 116 Å². The van der Waals surface area contributed by atoms with Gasteiger partial charge in [0.25, 0.3) is 0 Å². The van der Waals surface area contributed by atoms with Crippen LogP contribution in [-0.2, 0) is 0 Å². The molecule has 0 bridgehead atoms. The molecule has 0 aliphatic carbocycles. The highest BCUT2D eigenvalue weighted by Gasteiger charge is 2.24. The molecule has 0 radical (unpaired) electrons. The summed E-state index contributed by atoms with van der Waals surface area (Å²) in [5.41, 5.74) is 0. The highest BCUT2D eigenvalue weighted by atomic mass is 15.4. The minimum Gasteiger partial charge on any atom is -0.356 e. The standard InChI is InChI=1S/C24H48N2/c1-4-7-10-11-12-13-14-15-16-18-21-26-23-22-25(20-9-6-3)24(26)19-17-8-5-2/h22-24H,4-21H2,1-3H3. The van der Waals surface area contributed by atoms with Crippen molar-refractivity contribution in [3.05, 3.63) is 12.4 Å². The van der Waals surface area contributed by atoms with Gasteiger partial charge in [-0.15, -0.1) is 0 Å². The van der Waals surface area contributed by atoms with Crippen LogP contribution in [-0.4, -0.2) is 29.1 Å². The van der Waals surface area contributed by atoms with Gasteiger partial charge in [0.2, 0.25) is 0 Å². The summed E-state index contributed by atoms with van der Waals surface area (Å²) in [6, 6.07) is 0. The molecule has 0 fully saturated rings. The lowest BCUT2D eigenvalue weighted by Gasteiger charge is -2.33. The summed E-state index contributed by atoms with van der Waals surface area (Å²) < 4.78 is 0. The van der Waals surface area contributed by atoms with Crippen LogP contribution >= 0.6 is 0 Å². The summed E-state index contributed by atoms with van der Waals surface area (Å²) in [6.07, 6.45) is 27.7. The number of unbranched alkanes of at least 4 members (excludes halogenated alkanes) is 12. The van der Waals surface area contributed by atoms with Crippen LogP contribution in [0, 0.1) is 0 Å². The first-order chi connectivity index (χ1) is 12.8. The molecule has 26 heavy (non-hydrogen) atoms. The Bertz CT molecular complexity index is 326. The topological polar surface area (TPSA) is 6.48 Å². The minimum atomic E-state index is 0.645. The summed E-state index contributed by atoms with van der Waals surface area (Å²) in [7, 11) is 0. The fourth-order valence-electron chi connectivity index (χ4n) is 4.04. The van der Waals surface area contributed by atoms with Gasteiger partial charge < -0.3 is 9.80 Å². The largest absolute Gasteiger partial charge is 0.356 e. The molecule has 1 heterocycles. The predicted molar refractivity (Wildman–Crippen MR) is 117 cm³/mol. The molecule has 1 rings (SSSR count). The van der Waals surface area contributed by atoms with Crippen molar-refractivity contribution in [3.63, 3.8) is 0 Å². The third kappa shape index (κ3) is 10.5. The van der Waals surface area contributed by atoms with Crippen LogP contribution in [0.3, 0.4) is 0 Å². The van der Waals surface area contributed by atoms with E-state index in [2.05, 4.69) is 43.0 Å². The van der Waals surface area contributed by atoms with Gasteiger partial charge in [-0.3, -0.25) is 0 Å². The molecule has 0 aromatic carbocycles. The van der Waals surface area contributed by atoms with Crippen LogP contribution < -0.4 is 0 Å². The zero-order chi connectivity index (χ0) is 18.9. The van der Waals surface area contributed by atoms with E-state index in [4.69, 9.17) is 0 Å². The van der Waals surface area contributed by atoms with Crippen LogP contribution in [0.25, 0.3) is 0 Å². The molecule has 1 aliphatic heterocycles. The number of hydrogen-bond acceptors (Lipinski definition) is 2. The Morgan fingerprint density at radius 3 is 1.46 bits per heavy atom. The molecule has 0 amide bonds. The van der Waals surface area contributed by atoms with Crippen molar-refractivity contribution >= 4 is 0 Å². The molecule has 0 aromatic rings. The fourth-order valence-corrected chi connectivity index (χ4v) is 4.04. The minimum absolute atomic E-state index is 0.645. The maximum atomic E-state index is 2.63. The fraction of sp³-hybridized carbons (Fsp3) is 0.917. The van der Waals surface area contributed by atoms with Crippen molar-refractivity contribution < 1.29 is 0 Å². The molecular weight excluding hydrogens is 316 g/mol. The lowest BCUT2D eigenvalue weighted by Crippen LogP contribution is -2.39. The SMILES string of the molecule is CCCCCCCCCCCCN1C=CN(CCCC)C1CCCCC. The average Bonchev–Trinajstić information content (AvgIpc) is 3.03. The van der Waals surface area contributed by atoms with E-state index in [9.17, 15) is 0 Å². The van der Waals surface area contributed by atoms with E-state index in [-0.39, 0.29) is 0 Å². The first kappa shape index (κ1) is 23.4. The number of rotatable bonds is 18. The Labute approximate surface area is 165 Å². The maximum Gasteiger partial charge on any atom is 0.101 e. The van der Waals surface area contributed by atoms with Crippen molar-refractivity contribution in [1.29, 1.82) is 0 Å². The van der Waals surface area contributed by atoms with E-state index in [0.717, 1.165) is 0 Å². The third-order valence-electron chi connectivity index (χ3n) is 5.82. The van der Waals surface area contributed by atoms with E-state index < -0.39 is 0 Å². The quantitative estimate of drug-likeness (QED) is 0.230. The van der Waals surface area contributed by atoms with Crippen LogP contribution in [0.4, 0.5) is 0 Å². The Hall–Kier alpha value is -0.660. The van der Waals surface area contributed by atoms with Crippen molar-refractivity contribution in [2.24, 2.45) is 0 Å². The van der Waals surface area contributed by atoms with Gasteiger partial charge in [0, 0.05) is 25.5 Å². The smallest absolute Gasteiger partial charge is 0.101 e. The second-order valence-electron chi connectivity index (χ2n) is 8.29. The van der Waals surface area contributed by atoms with Gasteiger partial charge in [0.15, 0.2) is 0 Å². The summed E-state index contributed by atoms with van der Waals surface area (Å²) in [4.78, 5) is 5.24. The van der Waals surface area contributed by atoms with Gasteiger partial charge >= 0.3 is 0 Å². The van der Waals surface area contributed by atoms with Crippen molar-refractivity contribution in [3.8, 4) is 0 Å². The second-order valence-corrected chi connectivity index (χ2v) is 8.29. The molecule has 0 saturated heterocycles. The van der Waals surface area contributed by atoms with Crippen LogP contribution in [0.5, 0.6) is 0 Å². The molecule has 0 spiro atoms. The Balaban J connectivity index is 2.13. The van der Waals surface area contributed by atoms with Crippen molar-refractivity contribution in [2.45, 2.75) is 130 Å². The van der Waals surface area contributed by atoms with E-state index in [1.54, 1.807) is 0 Å². The van der Waals surface area contributed by atoms with Crippen LogP contribution in [0.2, 0.25) is 0 Å². The summed E-state index contributed by atoms with van der Waals surface area (Å²) in [5, 5.41) is 0. The van der Waals surface area contributed by atoms with Crippen molar-refractivity contribution in [2.75, 3.05) is 13.1 Å². The third-order valence-corrected chi connectivity index (χ3v) is 5.82. The molecule has 1 unspecified atom stereocenters. The molecular formula is C24H48N2. The van der Waals surface area contributed by atoms with Crippen LogP contribution in [0.1, 0.15) is 124 Å². The van der Waals surface area contributed by atoms with Gasteiger partial charge in [-0.05, 0) is 25.7 Å². The summed E-state index contributed by atoms with van der Waals surface area (Å²) in [5.74, 6) is 0. The summed E-state index contributed by atoms with van der Waals surface area (Å²) in [6.45, 7) is 9.40.